The molecule has 1 saturated heterocycles. The second kappa shape index (κ2) is 5.17. The molecule has 1 atom stereocenters. The lowest BCUT2D eigenvalue weighted by molar-refractivity contribution is 0.283. The lowest BCUT2D eigenvalue weighted by Gasteiger charge is -2.25. The highest BCUT2D eigenvalue weighted by molar-refractivity contribution is 5.84. The van der Waals surface area contributed by atoms with E-state index in [2.05, 4.69) is 17.9 Å². The first-order valence-electron chi connectivity index (χ1n) is 7.09. The third-order valence-electron chi connectivity index (χ3n) is 4.10. The second-order valence-electron chi connectivity index (χ2n) is 5.21. The standard InChI is InChI=1S/C16H20N2O/c1-2-13-6-5-9-18(13)16-10-12(11-19)14-7-3-4-8-15(14)17-16/h3-4,7-8,10,13,19H,2,5-6,9,11H2,1H3. The number of rotatable bonds is 3. The van der Waals surface area contributed by atoms with Gasteiger partial charge in [0.2, 0.25) is 0 Å². The lowest BCUT2D eigenvalue weighted by atomic mass is 10.1. The summed E-state index contributed by atoms with van der Waals surface area (Å²) >= 11 is 0. The molecule has 100 valence electrons. The molecule has 0 amide bonds. The van der Waals surface area contributed by atoms with Gasteiger partial charge in [-0.25, -0.2) is 4.98 Å². The van der Waals surface area contributed by atoms with Gasteiger partial charge in [-0.15, -0.1) is 0 Å². The Bertz CT molecular complexity index is 582. The van der Waals surface area contributed by atoms with Crippen molar-refractivity contribution in [1.29, 1.82) is 0 Å². The van der Waals surface area contributed by atoms with E-state index >= 15 is 0 Å². The number of pyridine rings is 1. The van der Waals surface area contributed by atoms with Crippen molar-refractivity contribution >= 4 is 16.7 Å². The van der Waals surface area contributed by atoms with Crippen LogP contribution in [0.1, 0.15) is 31.7 Å². The second-order valence-corrected chi connectivity index (χ2v) is 5.21. The van der Waals surface area contributed by atoms with Gasteiger partial charge < -0.3 is 10.0 Å². The first-order valence-corrected chi connectivity index (χ1v) is 7.09. The highest BCUT2D eigenvalue weighted by Crippen LogP contribution is 2.29. The minimum Gasteiger partial charge on any atom is -0.392 e. The zero-order chi connectivity index (χ0) is 13.2. The fourth-order valence-corrected chi connectivity index (χ4v) is 3.07. The molecule has 0 saturated carbocycles. The smallest absolute Gasteiger partial charge is 0.129 e. The maximum absolute atomic E-state index is 9.58. The van der Waals surface area contributed by atoms with Crippen LogP contribution >= 0.6 is 0 Å². The van der Waals surface area contributed by atoms with Crippen LogP contribution in [0, 0.1) is 0 Å². The summed E-state index contributed by atoms with van der Waals surface area (Å²) in [6.45, 7) is 3.38. The van der Waals surface area contributed by atoms with E-state index in [1.54, 1.807) is 0 Å². The maximum Gasteiger partial charge on any atom is 0.129 e. The van der Waals surface area contributed by atoms with E-state index < -0.39 is 0 Å². The monoisotopic (exact) mass is 256 g/mol. The third-order valence-corrected chi connectivity index (χ3v) is 4.10. The average molecular weight is 256 g/mol. The van der Waals surface area contributed by atoms with E-state index in [0.717, 1.165) is 35.2 Å². The first kappa shape index (κ1) is 12.4. The number of aliphatic hydroxyl groups is 1. The van der Waals surface area contributed by atoms with Crippen molar-refractivity contribution in [1.82, 2.24) is 4.98 Å². The molecule has 19 heavy (non-hydrogen) atoms. The van der Waals surface area contributed by atoms with Crippen LogP contribution in [0.2, 0.25) is 0 Å². The van der Waals surface area contributed by atoms with Crippen molar-refractivity contribution < 1.29 is 5.11 Å². The van der Waals surface area contributed by atoms with Crippen LogP contribution in [0.4, 0.5) is 5.82 Å². The Labute approximate surface area is 113 Å². The van der Waals surface area contributed by atoms with Crippen molar-refractivity contribution in [3.05, 3.63) is 35.9 Å². The van der Waals surface area contributed by atoms with Gasteiger partial charge in [0.05, 0.1) is 12.1 Å². The molecule has 2 aromatic rings. The van der Waals surface area contributed by atoms with Gasteiger partial charge in [0, 0.05) is 18.0 Å². The number of anilines is 1. The van der Waals surface area contributed by atoms with E-state index in [9.17, 15) is 5.11 Å². The number of aromatic nitrogens is 1. The molecule has 1 unspecified atom stereocenters. The van der Waals surface area contributed by atoms with E-state index in [4.69, 9.17) is 4.98 Å². The van der Waals surface area contributed by atoms with Crippen LogP contribution in [-0.2, 0) is 6.61 Å². The summed E-state index contributed by atoms with van der Waals surface area (Å²) in [5, 5.41) is 10.6. The third kappa shape index (κ3) is 2.19. The van der Waals surface area contributed by atoms with Gasteiger partial charge in [-0.2, -0.15) is 0 Å². The number of hydrogen-bond acceptors (Lipinski definition) is 3. The van der Waals surface area contributed by atoms with Gasteiger partial charge in [0.25, 0.3) is 0 Å². The molecule has 1 N–H and O–H groups in total. The highest BCUT2D eigenvalue weighted by atomic mass is 16.3. The van der Waals surface area contributed by atoms with Gasteiger partial charge in [-0.05, 0) is 37.0 Å². The molecule has 1 aromatic heterocycles. The molecule has 3 rings (SSSR count). The van der Waals surface area contributed by atoms with Gasteiger partial charge in [-0.1, -0.05) is 25.1 Å². The van der Waals surface area contributed by atoms with E-state index in [-0.39, 0.29) is 6.61 Å². The lowest BCUT2D eigenvalue weighted by Crippen LogP contribution is -2.29. The zero-order valence-electron chi connectivity index (χ0n) is 11.3. The molecule has 1 fully saturated rings. The normalized spacial score (nSPS) is 19.3. The molecule has 1 aliphatic rings. The van der Waals surface area contributed by atoms with Crippen LogP contribution in [0.15, 0.2) is 30.3 Å². The molecule has 0 radical (unpaired) electrons. The van der Waals surface area contributed by atoms with Crippen LogP contribution in [0.3, 0.4) is 0 Å². The molecule has 0 spiro atoms. The van der Waals surface area contributed by atoms with Crippen LogP contribution < -0.4 is 4.90 Å². The Balaban J connectivity index is 2.09. The maximum atomic E-state index is 9.58. The average Bonchev–Trinajstić information content (AvgIpc) is 2.94. The Morgan fingerprint density at radius 1 is 1.37 bits per heavy atom. The van der Waals surface area contributed by atoms with Crippen molar-refractivity contribution in [3.8, 4) is 0 Å². The van der Waals surface area contributed by atoms with Crippen molar-refractivity contribution in [3.63, 3.8) is 0 Å². The fraction of sp³-hybridized carbons (Fsp3) is 0.438. The van der Waals surface area contributed by atoms with Crippen molar-refractivity contribution in [2.24, 2.45) is 0 Å². The Kier molecular flexibility index (Phi) is 3.38. The fourth-order valence-electron chi connectivity index (χ4n) is 3.07. The van der Waals surface area contributed by atoms with E-state index in [1.165, 1.54) is 12.8 Å². The highest BCUT2D eigenvalue weighted by Gasteiger charge is 2.24. The van der Waals surface area contributed by atoms with Crippen LogP contribution in [0.25, 0.3) is 10.9 Å². The van der Waals surface area contributed by atoms with Crippen LogP contribution in [-0.4, -0.2) is 22.7 Å². The first-order chi connectivity index (χ1) is 9.33. The van der Waals surface area contributed by atoms with Gasteiger partial charge in [-0.3, -0.25) is 0 Å². The molecular formula is C16H20N2O. The molecule has 3 heteroatoms. The minimum absolute atomic E-state index is 0.0701. The Hall–Kier alpha value is -1.61. The quantitative estimate of drug-likeness (QED) is 0.916. The molecule has 1 aromatic carbocycles. The largest absolute Gasteiger partial charge is 0.392 e. The number of aliphatic hydroxyl groups excluding tert-OH is 1. The number of hydrogen-bond donors (Lipinski definition) is 1. The molecule has 0 aliphatic carbocycles. The summed E-state index contributed by atoms with van der Waals surface area (Å²) in [5.74, 6) is 1.02. The summed E-state index contributed by atoms with van der Waals surface area (Å²) in [6, 6.07) is 10.7. The predicted octanol–water partition coefficient (Wildman–Crippen LogP) is 3.11. The summed E-state index contributed by atoms with van der Waals surface area (Å²) < 4.78 is 0. The molecule has 2 heterocycles. The van der Waals surface area contributed by atoms with Crippen molar-refractivity contribution in [2.45, 2.75) is 38.8 Å². The Morgan fingerprint density at radius 2 is 2.21 bits per heavy atom. The topological polar surface area (TPSA) is 36.4 Å². The van der Waals surface area contributed by atoms with Gasteiger partial charge in [0.1, 0.15) is 5.82 Å². The number of fused-ring (bicyclic) bond motifs is 1. The van der Waals surface area contributed by atoms with Gasteiger partial charge in [0.15, 0.2) is 0 Å². The Morgan fingerprint density at radius 3 is 3.00 bits per heavy atom. The zero-order valence-corrected chi connectivity index (χ0v) is 11.3. The molecule has 3 nitrogen and oxygen atoms in total. The summed E-state index contributed by atoms with van der Waals surface area (Å²) in [6.07, 6.45) is 3.64. The van der Waals surface area contributed by atoms with E-state index in [1.807, 2.05) is 24.3 Å². The number of nitrogens with zero attached hydrogens (tertiary/aromatic N) is 2. The molecule has 0 bridgehead atoms. The SMILES string of the molecule is CCC1CCCN1c1cc(CO)c2ccccc2n1. The van der Waals surface area contributed by atoms with E-state index in [0.29, 0.717) is 6.04 Å². The summed E-state index contributed by atoms with van der Waals surface area (Å²) in [7, 11) is 0. The molecular weight excluding hydrogens is 236 g/mol. The number of para-hydroxylation sites is 1. The molecule has 1 aliphatic heterocycles. The minimum atomic E-state index is 0.0701. The van der Waals surface area contributed by atoms with Gasteiger partial charge >= 0.3 is 0 Å². The number of benzene rings is 1. The predicted molar refractivity (Wildman–Crippen MR) is 78.3 cm³/mol. The summed E-state index contributed by atoms with van der Waals surface area (Å²) in [5.41, 5.74) is 1.95. The summed E-state index contributed by atoms with van der Waals surface area (Å²) in [4.78, 5) is 7.17. The van der Waals surface area contributed by atoms with Crippen molar-refractivity contribution in [2.75, 3.05) is 11.4 Å². The van der Waals surface area contributed by atoms with Crippen LogP contribution in [0.5, 0.6) is 0 Å².